The Morgan fingerprint density at radius 1 is 1.03 bits per heavy atom. The summed E-state index contributed by atoms with van der Waals surface area (Å²) in [5, 5.41) is 11.0. The van der Waals surface area contributed by atoms with Crippen LogP contribution in [0.4, 0.5) is 4.79 Å². The van der Waals surface area contributed by atoms with Crippen molar-refractivity contribution in [2.75, 3.05) is 13.2 Å². The molecule has 170 valence electrons. The monoisotopic (exact) mass is 440 g/mol. The van der Waals surface area contributed by atoms with E-state index in [2.05, 4.69) is 0 Å². The number of benzene rings is 2. The lowest BCUT2D eigenvalue weighted by Crippen LogP contribution is -2.55. The van der Waals surface area contributed by atoms with Gasteiger partial charge in [-0.1, -0.05) is 60.7 Å². The fourth-order valence-electron chi connectivity index (χ4n) is 3.68. The molecule has 0 aliphatic carbocycles. The summed E-state index contributed by atoms with van der Waals surface area (Å²) in [6, 6.07) is 16.0. The molecule has 2 atom stereocenters. The summed E-state index contributed by atoms with van der Waals surface area (Å²) >= 11 is 0. The summed E-state index contributed by atoms with van der Waals surface area (Å²) in [4.78, 5) is 40.2. The Morgan fingerprint density at radius 2 is 1.66 bits per heavy atom. The molecule has 32 heavy (non-hydrogen) atoms. The summed E-state index contributed by atoms with van der Waals surface area (Å²) in [6.07, 6.45) is 0.0961. The number of ether oxygens (including phenoxy) is 2. The molecule has 1 heterocycles. The normalized spacial score (nSPS) is 16.9. The number of nitrogens with zero attached hydrogens (tertiary/aromatic N) is 2. The Labute approximate surface area is 187 Å². The van der Waals surface area contributed by atoms with Gasteiger partial charge in [0.1, 0.15) is 18.7 Å². The number of carbonyl (C=O) groups excluding carboxylic acids is 3. The van der Waals surface area contributed by atoms with Crippen LogP contribution in [-0.4, -0.2) is 58.4 Å². The second-order valence-electron chi connectivity index (χ2n) is 7.53. The number of hydrogen-bond donors (Lipinski definition) is 1. The first-order valence-electron chi connectivity index (χ1n) is 10.7. The lowest BCUT2D eigenvalue weighted by Gasteiger charge is -2.31. The van der Waals surface area contributed by atoms with Gasteiger partial charge in [0.25, 0.3) is 5.91 Å². The van der Waals surface area contributed by atoms with Crippen molar-refractivity contribution in [3.05, 3.63) is 71.8 Å². The fourth-order valence-corrected chi connectivity index (χ4v) is 3.68. The van der Waals surface area contributed by atoms with Crippen LogP contribution < -0.4 is 0 Å². The third-order valence-electron chi connectivity index (χ3n) is 5.29. The number of hydrogen-bond acceptors (Lipinski definition) is 7. The zero-order valence-electron chi connectivity index (χ0n) is 18.1. The first-order chi connectivity index (χ1) is 15.5. The van der Waals surface area contributed by atoms with E-state index in [9.17, 15) is 19.6 Å². The molecule has 8 nitrogen and oxygen atoms in total. The maximum atomic E-state index is 13.4. The van der Waals surface area contributed by atoms with E-state index in [0.717, 1.165) is 21.1 Å². The van der Waals surface area contributed by atoms with E-state index in [1.165, 1.54) is 0 Å². The second kappa shape index (κ2) is 11.4. The standard InChI is InChI=1S/C24H28N2O6/c1-2-31-23(28)21(16-18-10-5-3-6-11-18)26(22(27)20-14-9-15-25(20)30)24(29)32-17-19-12-7-4-8-13-19/h3-8,10-13,20-21,30H,2,9,14-17H2,1H3/t20-,21-/m0/s1. The van der Waals surface area contributed by atoms with Gasteiger partial charge in [0, 0.05) is 13.0 Å². The third-order valence-corrected chi connectivity index (χ3v) is 5.29. The molecule has 1 N–H and O–H groups in total. The van der Waals surface area contributed by atoms with Crippen LogP contribution in [0.1, 0.15) is 30.9 Å². The minimum atomic E-state index is -1.22. The molecule has 0 saturated carbocycles. The molecule has 2 aromatic rings. The fraction of sp³-hybridized carbons (Fsp3) is 0.375. The van der Waals surface area contributed by atoms with Gasteiger partial charge < -0.3 is 14.7 Å². The highest BCUT2D eigenvalue weighted by Gasteiger charge is 2.43. The lowest BCUT2D eigenvalue weighted by atomic mass is 10.0. The van der Waals surface area contributed by atoms with Crippen molar-refractivity contribution in [3.63, 3.8) is 0 Å². The van der Waals surface area contributed by atoms with Crippen molar-refractivity contribution < 1.29 is 29.1 Å². The molecule has 0 aromatic heterocycles. The van der Waals surface area contributed by atoms with Crippen molar-refractivity contribution in [1.82, 2.24) is 9.96 Å². The summed E-state index contributed by atoms with van der Waals surface area (Å²) < 4.78 is 10.6. The maximum Gasteiger partial charge on any atom is 0.417 e. The average molecular weight is 440 g/mol. The molecule has 0 bridgehead atoms. The Bertz CT molecular complexity index is 905. The number of amides is 2. The molecule has 2 aromatic carbocycles. The minimum Gasteiger partial charge on any atom is -0.464 e. The van der Waals surface area contributed by atoms with Crippen LogP contribution >= 0.6 is 0 Å². The number of rotatable bonds is 8. The number of hydroxylamine groups is 2. The van der Waals surface area contributed by atoms with Gasteiger partial charge in [-0.25, -0.2) is 14.5 Å². The zero-order chi connectivity index (χ0) is 22.9. The van der Waals surface area contributed by atoms with Crippen LogP contribution in [0.2, 0.25) is 0 Å². The lowest BCUT2D eigenvalue weighted by molar-refractivity contribution is -0.163. The molecule has 1 fully saturated rings. The van der Waals surface area contributed by atoms with Gasteiger partial charge in [0.05, 0.1) is 6.61 Å². The van der Waals surface area contributed by atoms with Crippen molar-refractivity contribution in [3.8, 4) is 0 Å². The Kier molecular flexibility index (Phi) is 8.35. The van der Waals surface area contributed by atoms with Gasteiger partial charge in [0.15, 0.2) is 0 Å². The molecule has 2 amide bonds. The highest BCUT2D eigenvalue weighted by Crippen LogP contribution is 2.22. The van der Waals surface area contributed by atoms with Gasteiger partial charge in [-0.2, -0.15) is 5.06 Å². The Hall–Kier alpha value is -3.23. The molecule has 1 saturated heterocycles. The van der Waals surface area contributed by atoms with E-state index in [0.29, 0.717) is 19.4 Å². The summed E-state index contributed by atoms with van der Waals surface area (Å²) in [5.74, 6) is -1.39. The predicted molar refractivity (Wildman–Crippen MR) is 116 cm³/mol. The molecule has 0 spiro atoms. The van der Waals surface area contributed by atoms with E-state index in [4.69, 9.17) is 9.47 Å². The predicted octanol–water partition coefficient (Wildman–Crippen LogP) is 3.18. The first-order valence-corrected chi connectivity index (χ1v) is 10.7. The first kappa shape index (κ1) is 23.4. The molecule has 8 heteroatoms. The third kappa shape index (κ3) is 5.93. The largest absolute Gasteiger partial charge is 0.464 e. The molecule has 1 aliphatic heterocycles. The van der Waals surface area contributed by atoms with Crippen molar-refractivity contribution in [2.24, 2.45) is 0 Å². The quantitative estimate of drug-likeness (QED) is 0.630. The van der Waals surface area contributed by atoms with Crippen molar-refractivity contribution in [2.45, 2.75) is 44.9 Å². The Balaban J connectivity index is 1.89. The van der Waals surface area contributed by atoms with E-state index < -0.39 is 30.1 Å². The summed E-state index contributed by atoms with van der Waals surface area (Å²) in [6.45, 7) is 2.01. The van der Waals surface area contributed by atoms with Gasteiger partial charge in [-0.3, -0.25) is 4.79 Å². The SMILES string of the molecule is CCOC(=O)[C@H](Cc1ccccc1)N(C(=O)OCc1ccccc1)C(=O)[C@@H]1CCCN1O. The highest BCUT2D eigenvalue weighted by atomic mass is 16.6. The smallest absolute Gasteiger partial charge is 0.417 e. The van der Waals surface area contributed by atoms with Crippen molar-refractivity contribution >= 4 is 18.0 Å². The number of carbonyl (C=O) groups is 3. The molecule has 3 rings (SSSR count). The van der Waals surface area contributed by atoms with Crippen LogP contribution in [0.5, 0.6) is 0 Å². The number of esters is 1. The van der Waals surface area contributed by atoms with E-state index in [1.807, 2.05) is 36.4 Å². The van der Waals surface area contributed by atoms with Crippen molar-refractivity contribution in [1.29, 1.82) is 0 Å². The van der Waals surface area contributed by atoms with Crippen LogP contribution in [0, 0.1) is 0 Å². The Morgan fingerprint density at radius 3 is 2.22 bits per heavy atom. The van der Waals surface area contributed by atoms with Gasteiger partial charge in [0.2, 0.25) is 0 Å². The average Bonchev–Trinajstić information content (AvgIpc) is 3.24. The zero-order valence-corrected chi connectivity index (χ0v) is 18.1. The van der Waals surface area contributed by atoms with Gasteiger partial charge in [-0.05, 0) is 30.9 Å². The van der Waals surface area contributed by atoms with Gasteiger partial charge >= 0.3 is 12.1 Å². The van der Waals surface area contributed by atoms with Gasteiger partial charge in [-0.15, -0.1) is 0 Å². The maximum absolute atomic E-state index is 13.4. The van der Waals surface area contributed by atoms with E-state index >= 15 is 0 Å². The minimum absolute atomic E-state index is 0.0577. The highest BCUT2D eigenvalue weighted by molar-refractivity contribution is 5.99. The van der Waals surface area contributed by atoms with Crippen LogP contribution in [0.15, 0.2) is 60.7 Å². The number of imide groups is 1. The molecular formula is C24H28N2O6. The van der Waals surface area contributed by atoms with E-state index in [1.54, 1.807) is 31.2 Å². The van der Waals surface area contributed by atoms with Crippen LogP contribution in [0.3, 0.4) is 0 Å². The second-order valence-corrected chi connectivity index (χ2v) is 7.53. The van der Waals surface area contributed by atoms with Crippen LogP contribution in [0.25, 0.3) is 0 Å². The van der Waals surface area contributed by atoms with E-state index in [-0.39, 0.29) is 19.6 Å². The van der Waals surface area contributed by atoms with Crippen LogP contribution in [-0.2, 0) is 32.1 Å². The molecule has 0 unspecified atom stereocenters. The summed E-state index contributed by atoms with van der Waals surface area (Å²) in [7, 11) is 0. The molecular weight excluding hydrogens is 412 g/mol. The molecule has 0 radical (unpaired) electrons. The molecule has 1 aliphatic rings. The topological polar surface area (TPSA) is 96.4 Å². The summed E-state index contributed by atoms with van der Waals surface area (Å²) in [5.41, 5.74) is 1.50.